The zero-order valence-electron chi connectivity index (χ0n) is 21.8. The quantitative estimate of drug-likeness (QED) is 0.131. The van der Waals surface area contributed by atoms with Gasteiger partial charge in [-0.1, -0.05) is 55.0 Å². The molecule has 4 aromatic carbocycles. The van der Waals surface area contributed by atoms with Gasteiger partial charge in [-0.3, -0.25) is 9.59 Å². The lowest BCUT2D eigenvalue weighted by molar-refractivity contribution is -0.120. The van der Waals surface area contributed by atoms with Crippen LogP contribution in [0.25, 0.3) is 10.8 Å². The van der Waals surface area contributed by atoms with Gasteiger partial charge in [0.2, 0.25) is 0 Å². The Labute approximate surface area is 226 Å². The molecule has 4 rings (SSSR count). The monoisotopic (exact) mass is 523 g/mol. The Bertz CT molecular complexity index is 1500. The standard InChI is InChI=1S/C31H29N3O5/c1-3-18-38-25-15-12-23(13-16-25)30(36)32-20-29(35)34-33-19-27-26-7-5-4-6-22(26)14-17-28(27)39-31(37)24-10-8-21(2)9-11-24/h4-17,19H,3,18,20H2,1-2H3,(H,32,36)(H,34,35)/b33-19+. The number of ether oxygens (including phenoxy) is 2. The first-order valence-electron chi connectivity index (χ1n) is 12.6. The van der Waals surface area contributed by atoms with E-state index in [1.165, 1.54) is 6.21 Å². The largest absolute Gasteiger partial charge is 0.494 e. The van der Waals surface area contributed by atoms with Crippen molar-refractivity contribution in [1.29, 1.82) is 0 Å². The number of amides is 2. The van der Waals surface area contributed by atoms with Crippen molar-refractivity contribution < 1.29 is 23.9 Å². The average Bonchev–Trinajstić information content (AvgIpc) is 2.96. The minimum atomic E-state index is -0.513. The molecule has 0 aliphatic heterocycles. The summed E-state index contributed by atoms with van der Waals surface area (Å²) in [6, 6.07) is 24.9. The van der Waals surface area contributed by atoms with Crippen molar-refractivity contribution in [2.75, 3.05) is 13.2 Å². The molecule has 0 aliphatic rings. The Balaban J connectivity index is 1.40. The Morgan fingerprint density at radius 2 is 1.59 bits per heavy atom. The SMILES string of the molecule is CCCOc1ccc(C(=O)NCC(=O)N/N=C/c2c(OC(=O)c3ccc(C)cc3)ccc3ccccc23)cc1. The second-order valence-electron chi connectivity index (χ2n) is 8.80. The van der Waals surface area contributed by atoms with Crippen LogP contribution in [0.15, 0.2) is 90.0 Å². The first-order valence-corrected chi connectivity index (χ1v) is 12.6. The Morgan fingerprint density at radius 1 is 0.872 bits per heavy atom. The number of hydrazone groups is 1. The molecule has 39 heavy (non-hydrogen) atoms. The first-order chi connectivity index (χ1) is 18.9. The van der Waals surface area contributed by atoms with Gasteiger partial charge in [0.15, 0.2) is 0 Å². The van der Waals surface area contributed by atoms with Crippen molar-refractivity contribution in [3.8, 4) is 11.5 Å². The second kappa shape index (κ2) is 13.0. The summed E-state index contributed by atoms with van der Waals surface area (Å²) in [5.74, 6) is -0.428. The lowest BCUT2D eigenvalue weighted by Gasteiger charge is -2.11. The van der Waals surface area contributed by atoms with Gasteiger partial charge in [0.25, 0.3) is 11.8 Å². The molecule has 0 unspecified atom stereocenters. The molecule has 0 radical (unpaired) electrons. The van der Waals surface area contributed by atoms with Gasteiger partial charge in [0.1, 0.15) is 11.5 Å². The highest BCUT2D eigenvalue weighted by molar-refractivity contribution is 6.04. The van der Waals surface area contributed by atoms with E-state index in [4.69, 9.17) is 9.47 Å². The molecule has 0 aliphatic carbocycles. The number of carbonyl (C=O) groups excluding carboxylic acids is 3. The fourth-order valence-corrected chi connectivity index (χ4v) is 3.74. The van der Waals surface area contributed by atoms with Crippen LogP contribution in [-0.4, -0.2) is 37.1 Å². The highest BCUT2D eigenvalue weighted by Gasteiger charge is 2.14. The molecule has 0 saturated carbocycles. The third-order valence-electron chi connectivity index (χ3n) is 5.80. The predicted octanol–water partition coefficient (Wildman–Crippen LogP) is 5.04. The number of aryl methyl sites for hydroxylation is 1. The Morgan fingerprint density at radius 3 is 2.33 bits per heavy atom. The third kappa shape index (κ3) is 7.29. The van der Waals surface area contributed by atoms with Gasteiger partial charge in [-0.25, -0.2) is 10.2 Å². The summed E-state index contributed by atoms with van der Waals surface area (Å²) in [6.07, 6.45) is 2.31. The van der Waals surface area contributed by atoms with Crippen molar-refractivity contribution >= 4 is 34.8 Å². The maximum Gasteiger partial charge on any atom is 0.343 e. The summed E-state index contributed by atoms with van der Waals surface area (Å²) in [6.45, 7) is 4.28. The fourth-order valence-electron chi connectivity index (χ4n) is 3.74. The van der Waals surface area contributed by atoms with E-state index in [0.29, 0.717) is 34.8 Å². The van der Waals surface area contributed by atoms with Gasteiger partial charge in [-0.15, -0.1) is 0 Å². The van der Waals surface area contributed by atoms with Crippen LogP contribution in [0, 0.1) is 6.92 Å². The van der Waals surface area contributed by atoms with Gasteiger partial charge < -0.3 is 14.8 Å². The number of fused-ring (bicyclic) bond motifs is 1. The number of hydrogen-bond acceptors (Lipinski definition) is 6. The molecular weight excluding hydrogens is 494 g/mol. The van der Waals surface area contributed by atoms with Gasteiger partial charge >= 0.3 is 5.97 Å². The van der Waals surface area contributed by atoms with Crippen LogP contribution in [-0.2, 0) is 4.79 Å². The smallest absolute Gasteiger partial charge is 0.343 e. The second-order valence-corrected chi connectivity index (χ2v) is 8.80. The molecule has 0 heterocycles. The van der Waals surface area contributed by atoms with Crippen molar-refractivity contribution in [1.82, 2.24) is 10.7 Å². The summed E-state index contributed by atoms with van der Waals surface area (Å²) in [5, 5.41) is 8.33. The zero-order valence-corrected chi connectivity index (χ0v) is 21.8. The van der Waals surface area contributed by atoms with Gasteiger partial charge in [0, 0.05) is 11.1 Å². The van der Waals surface area contributed by atoms with Crippen LogP contribution in [0.3, 0.4) is 0 Å². The molecule has 4 aromatic rings. The topological polar surface area (TPSA) is 106 Å². The molecule has 0 saturated heterocycles. The minimum absolute atomic E-state index is 0.269. The predicted molar refractivity (Wildman–Crippen MR) is 150 cm³/mol. The van der Waals surface area contributed by atoms with Crippen molar-refractivity contribution in [3.05, 3.63) is 107 Å². The molecule has 0 aromatic heterocycles. The number of rotatable bonds is 10. The summed E-state index contributed by atoms with van der Waals surface area (Å²) in [4.78, 5) is 37.5. The van der Waals surface area contributed by atoms with E-state index in [9.17, 15) is 14.4 Å². The van der Waals surface area contributed by atoms with Crippen LogP contribution in [0.1, 0.15) is 45.2 Å². The van der Waals surface area contributed by atoms with Gasteiger partial charge in [-0.05, 0) is 66.6 Å². The minimum Gasteiger partial charge on any atom is -0.494 e. The molecular formula is C31H29N3O5. The molecule has 0 bridgehead atoms. The summed E-state index contributed by atoms with van der Waals surface area (Å²) in [7, 11) is 0. The third-order valence-corrected chi connectivity index (χ3v) is 5.80. The molecule has 0 atom stereocenters. The maximum atomic E-state index is 12.7. The van der Waals surface area contributed by atoms with Gasteiger partial charge in [0.05, 0.1) is 24.9 Å². The summed E-state index contributed by atoms with van der Waals surface area (Å²) >= 11 is 0. The van der Waals surface area contributed by atoms with Crippen LogP contribution < -0.4 is 20.2 Å². The normalized spacial score (nSPS) is 10.8. The lowest BCUT2D eigenvalue weighted by Crippen LogP contribution is -2.34. The Hall–Kier alpha value is -4.98. The lowest BCUT2D eigenvalue weighted by atomic mass is 10.0. The van der Waals surface area contributed by atoms with Crippen molar-refractivity contribution in [3.63, 3.8) is 0 Å². The fraction of sp³-hybridized carbons (Fsp3) is 0.161. The summed E-state index contributed by atoms with van der Waals surface area (Å²) in [5.41, 5.74) is 4.80. The molecule has 0 spiro atoms. The van der Waals surface area contributed by atoms with Crippen LogP contribution in [0.4, 0.5) is 0 Å². The Kier molecular flexibility index (Phi) is 9.03. The average molecular weight is 524 g/mol. The number of nitrogens with zero attached hydrogens (tertiary/aromatic N) is 1. The molecule has 8 heteroatoms. The van der Waals surface area contributed by atoms with E-state index in [2.05, 4.69) is 15.8 Å². The first kappa shape index (κ1) is 27.1. The molecule has 198 valence electrons. The molecule has 2 N–H and O–H groups in total. The highest BCUT2D eigenvalue weighted by Crippen LogP contribution is 2.27. The summed E-state index contributed by atoms with van der Waals surface area (Å²) < 4.78 is 11.2. The van der Waals surface area contributed by atoms with Crippen LogP contribution >= 0.6 is 0 Å². The molecule has 0 fully saturated rings. The molecule has 8 nitrogen and oxygen atoms in total. The van der Waals surface area contributed by atoms with E-state index in [1.807, 2.05) is 56.3 Å². The maximum absolute atomic E-state index is 12.7. The van der Waals surface area contributed by atoms with E-state index in [0.717, 1.165) is 22.8 Å². The number of carbonyl (C=O) groups is 3. The molecule has 2 amide bonds. The van der Waals surface area contributed by atoms with E-state index in [-0.39, 0.29) is 6.54 Å². The van der Waals surface area contributed by atoms with Crippen LogP contribution in [0.5, 0.6) is 11.5 Å². The van der Waals surface area contributed by atoms with Gasteiger partial charge in [-0.2, -0.15) is 5.10 Å². The van der Waals surface area contributed by atoms with E-state index < -0.39 is 17.8 Å². The number of hydrogen-bond donors (Lipinski definition) is 2. The number of nitrogens with one attached hydrogen (secondary N) is 2. The van der Waals surface area contributed by atoms with E-state index in [1.54, 1.807) is 42.5 Å². The van der Waals surface area contributed by atoms with E-state index >= 15 is 0 Å². The van der Waals surface area contributed by atoms with Crippen LogP contribution in [0.2, 0.25) is 0 Å². The van der Waals surface area contributed by atoms with Crippen molar-refractivity contribution in [2.24, 2.45) is 5.10 Å². The number of benzene rings is 4. The van der Waals surface area contributed by atoms with Crippen molar-refractivity contribution in [2.45, 2.75) is 20.3 Å². The highest BCUT2D eigenvalue weighted by atomic mass is 16.5. The zero-order chi connectivity index (χ0) is 27.6. The number of esters is 1.